The first kappa shape index (κ1) is 9.19. The Morgan fingerprint density at radius 1 is 1.38 bits per heavy atom. The average molecular weight is 279 g/mol. The minimum absolute atomic E-state index is 0.609. The number of nitrogens with zero attached hydrogens (tertiary/aromatic N) is 2. The minimum Gasteiger partial charge on any atom is -0.381 e. The number of aromatic nitrogens is 2. The van der Waals surface area contributed by atoms with E-state index in [2.05, 4.69) is 37.7 Å². The van der Waals surface area contributed by atoms with Crippen molar-refractivity contribution in [2.45, 2.75) is 6.04 Å². The van der Waals surface area contributed by atoms with Gasteiger partial charge in [-0.25, -0.2) is 4.98 Å². The highest BCUT2D eigenvalue weighted by molar-refractivity contribution is 9.10. The molecular weight excluding hydrogens is 268 g/mol. The van der Waals surface area contributed by atoms with Crippen LogP contribution in [0.2, 0.25) is 0 Å². The monoisotopic (exact) mass is 278 g/mol. The highest BCUT2D eigenvalue weighted by Crippen LogP contribution is 2.55. The van der Waals surface area contributed by atoms with Gasteiger partial charge in [-0.3, -0.25) is 0 Å². The zero-order valence-electron chi connectivity index (χ0n) is 8.64. The third-order valence-electron chi connectivity index (χ3n) is 3.77. The number of hydrogen-bond donors (Lipinski definition) is 0. The summed E-state index contributed by atoms with van der Waals surface area (Å²) < 4.78 is 8.89. The first-order valence-corrected chi connectivity index (χ1v) is 6.34. The molecule has 0 N–H and O–H groups in total. The molecule has 16 heavy (non-hydrogen) atoms. The molecule has 3 nitrogen and oxygen atoms in total. The molecule has 82 valence electrons. The Morgan fingerprint density at radius 2 is 2.19 bits per heavy atom. The topological polar surface area (TPSA) is 27.1 Å². The molecule has 0 radical (unpaired) electrons. The van der Waals surface area contributed by atoms with Gasteiger partial charge in [0.2, 0.25) is 0 Å². The third kappa shape index (κ3) is 1.09. The second kappa shape index (κ2) is 3.08. The summed E-state index contributed by atoms with van der Waals surface area (Å²) >= 11 is 3.60. The van der Waals surface area contributed by atoms with Crippen LogP contribution in [0.3, 0.4) is 0 Å². The Labute approximate surface area is 102 Å². The fourth-order valence-corrected chi connectivity index (χ4v) is 3.42. The Hall–Kier alpha value is -0.870. The molecule has 0 spiro atoms. The number of rotatable bonds is 1. The average Bonchev–Trinajstić information content (AvgIpc) is 2.70. The maximum atomic E-state index is 5.43. The maximum absolute atomic E-state index is 5.43. The van der Waals surface area contributed by atoms with Crippen LogP contribution in [0.25, 0.3) is 11.0 Å². The molecule has 1 saturated heterocycles. The molecule has 1 aliphatic heterocycles. The SMILES string of the molecule is Brc1cn(C2[C@H]3COC[C@@H]23)c2ncccc12. The predicted octanol–water partition coefficient (Wildman–Crippen LogP) is 2.62. The molecule has 2 fully saturated rings. The van der Waals surface area contributed by atoms with Crippen LogP contribution in [0.15, 0.2) is 29.0 Å². The Balaban J connectivity index is 1.86. The summed E-state index contributed by atoms with van der Waals surface area (Å²) in [5.41, 5.74) is 1.09. The van der Waals surface area contributed by atoms with Gasteiger partial charge in [-0.1, -0.05) is 0 Å². The molecule has 0 amide bonds. The van der Waals surface area contributed by atoms with Gasteiger partial charge in [0.1, 0.15) is 5.65 Å². The minimum atomic E-state index is 0.609. The summed E-state index contributed by atoms with van der Waals surface area (Å²) in [5.74, 6) is 1.43. The van der Waals surface area contributed by atoms with Crippen molar-refractivity contribution in [1.29, 1.82) is 0 Å². The van der Waals surface area contributed by atoms with E-state index in [1.807, 2.05) is 12.3 Å². The summed E-state index contributed by atoms with van der Waals surface area (Å²) in [6.07, 6.45) is 4.03. The van der Waals surface area contributed by atoms with Gasteiger partial charge in [0, 0.05) is 40.1 Å². The zero-order valence-corrected chi connectivity index (χ0v) is 10.2. The van der Waals surface area contributed by atoms with E-state index in [0.29, 0.717) is 17.9 Å². The standard InChI is InChI=1S/C12H11BrN2O/c13-10-4-15(11-8-5-16-6-9(8)11)12-7(10)2-1-3-14-12/h1-4,8-9,11H,5-6H2/t8-,9+,11?. The molecule has 1 unspecified atom stereocenters. The van der Waals surface area contributed by atoms with E-state index in [9.17, 15) is 0 Å². The van der Waals surface area contributed by atoms with Gasteiger partial charge in [-0.05, 0) is 28.1 Å². The Kier molecular flexibility index (Phi) is 1.77. The van der Waals surface area contributed by atoms with Crippen molar-refractivity contribution in [1.82, 2.24) is 9.55 Å². The van der Waals surface area contributed by atoms with Gasteiger partial charge in [-0.15, -0.1) is 0 Å². The predicted molar refractivity (Wildman–Crippen MR) is 64.3 cm³/mol. The lowest BCUT2D eigenvalue weighted by Crippen LogP contribution is -2.04. The molecule has 4 heteroatoms. The van der Waals surface area contributed by atoms with Gasteiger partial charge in [0.25, 0.3) is 0 Å². The molecule has 1 aliphatic carbocycles. The first-order valence-electron chi connectivity index (χ1n) is 5.55. The molecule has 3 atom stereocenters. The molecule has 0 aromatic carbocycles. The number of ether oxygens (including phenoxy) is 1. The normalized spacial score (nSPS) is 31.9. The van der Waals surface area contributed by atoms with Gasteiger partial charge >= 0.3 is 0 Å². The van der Waals surface area contributed by atoms with Crippen LogP contribution in [0, 0.1) is 11.8 Å². The summed E-state index contributed by atoms with van der Waals surface area (Å²) in [6.45, 7) is 1.83. The van der Waals surface area contributed by atoms with Gasteiger partial charge < -0.3 is 9.30 Å². The number of hydrogen-bond acceptors (Lipinski definition) is 2. The summed E-state index contributed by atoms with van der Waals surface area (Å²) in [6, 6.07) is 4.70. The van der Waals surface area contributed by atoms with Gasteiger partial charge in [-0.2, -0.15) is 0 Å². The zero-order chi connectivity index (χ0) is 10.7. The van der Waals surface area contributed by atoms with E-state index < -0.39 is 0 Å². The number of fused-ring (bicyclic) bond motifs is 2. The smallest absolute Gasteiger partial charge is 0.141 e. The van der Waals surface area contributed by atoms with Gasteiger partial charge in [0.05, 0.1) is 13.2 Å². The van der Waals surface area contributed by atoms with Crippen LogP contribution in [0.5, 0.6) is 0 Å². The largest absolute Gasteiger partial charge is 0.381 e. The molecule has 0 bridgehead atoms. The molecule has 4 rings (SSSR count). The quantitative estimate of drug-likeness (QED) is 0.802. The molecule has 1 saturated carbocycles. The van der Waals surface area contributed by atoms with E-state index in [-0.39, 0.29) is 0 Å². The van der Waals surface area contributed by atoms with Gasteiger partial charge in [0.15, 0.2) is 0 Å². The molecular formula is C12H11BrN2O. The summed E-state index contributed by atoms with van der Waals surface area (Å²) in [5, 5.41) is 1.20. The summed E-state index contributed by atoms with van der Waals surface area (Å²) in [7, 11) is 0. The van der Waals surface area contributed by atoms with E-state index in [1.54, 1.807) is 0 Å². The van der Waals surface area contributed by atoms with Crippen LogP contribution in [-0.4, -0.2) is 22.8 Å². The van der Waals surface area contributed by atoms with Crippen molar-refractivity contribution >= 4 is 27.0 Å². The number of pyridine rings is 1. The third-order valence-corrected chi connectivity index (χ3v) is 4.40. The van der Waals surface area contributed by atoms with Crippen molar-refractivity contribution in [3.63, 3.8) is 0 Å². The van der Waals surface area contributed by atoms with Crippen LogP contribution in [0.4, 0.5) is 0 Å². The van der Waals surface area contributed by atoms with Crippen LogP contribution in [-0.2, 0) is 4.74 Å². The molecule has 2 aromatic rings. The van der Waals surface area contributed by atoms with Crippen molar-refractivity contribution in [2.24, 2.45) is 11.8 Å². The van der Waals surface area contributed by atoms with Crippen molar-refractivity contribution < 1.29 is 4.74 Å². The fourth-order valence-electron chi connectivity index (χ4n) is 2.89. The van der Waals surface area contributed by atoms with E-state index in [1.165, 1.54) is 5.39 Å². The number of halogens is 1. The second-order valence-corrected chi connectivity index (χ2v) is 5.47. The van der Waals surface area contributed by atoms with Crippen molar-refractivity contribution in [3.05, 3.63) is 29.0 Å². The van der Waals surface area contributed by atoms with Crippen molar-refractivity contribution in [3.8, 4) is 0 Å². The summed E-state index contributed by atoms with van der Waals surface area (Å²) in [4.78, 5) is 4.48. The highest BCUT2D eigenvalue weighted by Gasteiger charge is 2.55. The Morgan fingerprint density at radius 3 is 3.00 bits per heavy atom. The lowest BCUT2D eigenvalue weighted by Gasteiger charge is -2.06. The lowest BCUT2D eigenvalue weighted by atomic mass is 10.3. The van der Waals surface area contributed by atoms with E-state index in [4.69, 9.17) is 4.74 Å². The molecule has 3 heterocycles. The van der Waals surface area contributed by atoms with Crippen LogP contribution >= 0.6 is 15.9 Å². The Bertz CT molecular complexity index is 555. The van der Waals surface area contributed by atoms with Crippen molar-refractivity contribution in [2.75, 3.05) is 13.2 Å². The molecule has 2 aliphatic rings. The highest BCUT2D eigenvalue weighted by atomic mass is 79.9. The second-order valence-electron chi connectivity index (χ2n) is 4.61. The van der Waals surface area contributed by atoms with E-state index in [0.717, 1.165) is 23.3 Å². The van der Waals surface area contributed by atoms with Crippen LogP contribution in [0.1, 0.15) is 6.04 Å². The fraction of sp³-hybridized carbons (Fsp3) is 0.417. The van der Waals surface area contributed by atoms with E-state index >= 15 is 0 Å². The van der Waals surface area contributed by atoms with Crippen LogP contribution < -0.4 is 0 Å². The molecule has 2 aromatic heterocycles. The first-order chi connectivity index (χ1) is 7.86. The maximum Gasteiger partial charge on any atom is 0.141 e. The lowest BCUT2D eigenvalue weighted by molar-refractivity contribution is 0.152.